The topological polar surface area (TPSA) is 38.7 Å². The van der Waals surface area contributed by atoms with Gasteiger partial charge in [0.1, 0.15) is 5.82 Å². The van der Waals surface area contributed by atoms with Crippen molar-refractivity contribution in [3.8, 4) is 0 Å². The molecule has 0 bridgehead atoms. The summed E-state index contributed by atoms with van der Waals surface area (Å²) >= 11 is 0. The molecule has 0 unspecified atom stereocenters. The molecule has 3 heterocycles. The van der Waals surface area contributed by atoms with Crippen molar-refractivity contribution < 1.29 is 0 Å². The lowest BCUT2D eigenvalue weighted by Gasteiger charge is -2.26. The fourth-order valence-corrected chi connectivity index (χ4v) is 4.33. The lowest BCUT2D eigenvalue weighted by molar-refractivity contribution is 0.294. The fourth-order valence-electron chi connectivity index (χ4n) is 4.33. The summed E-state index contributed by atoms with van der Waals surface area (Å²) in [5.74, 6) is 2.07. The van der Waals surface area contributed by atoms with E-state index in [2.05, 4.69) is 40.4 Å². The number of rotatable bonds is 6. The van der Waals surface area contributed by atoms with E-state index in [1.165, 1.54) is 57.4 Å². The van der Waals surface area contributed by atoms with Crippen molar-refractivity contribution in [1.82, 2.24) is 19.8 Å². The molecule has 6 heteroatoms. The summed E-state index contributed by atoms with van der Waals surface area (Å²) in [4.78, 5) is 19.8. The Morgan fingerprint density at radius 3 is 2.00 bits per heavy atom. The Hall–Kier alpha value is -1.40. The summed E-state index contributed by atoms with van der Waals surface area (Å²) in [6.07, 6.45) is 6.91. The molecule has 1 aromatic heterocycles. The van der Waals surface area contributed by atoms with E-state index in [-0.39, 0.29) is 0 Å². The average Bonchev–Trinajstić information content (AvgIpc) is 3.04. The average molecular weight is 375 g/mol. The van der Waals surface area contributed by atoms with Crippen molar-refractivity contribution >= 4 is 11.8 Å². The Balaban J connectivity index is 1.69. The van der Waals surface area contributed by atoms with Gasteiger partial charge >= 0.3 is 0 Å². The largest absolute Gasteiger partial charge is 0.355 e. The first-order chi connectivity index (χ1) is 13.2. The highest BCUT2D eigenvalue weighted by Gasteiger charge is 2.21. The molecular weight excluding hydrogens is 336 g/mol. The van der Waals surface area contributed by atoms with E-state index >= 15 is 0 Å². The maximum Gasteiger partial charge on any atom is 0.227 e. The molecule has 0 aliphatic carbocycles. The number of anilines is 2. The van der Waals surface area contributed by atoms with Crippen molar-refractivity contribution in [3.05, 3.63) is 11.8 Å². The molecule has 0 aromatic carbocycles. The lowest BCUT2D eigenvalue weighted by atomic mass is 10.3. The van der Waals surface area contributed by atoms with Gasteiger partial charge in [-0.15, -0.1) is 0 Å². The summed E-state index contributed by atoms with van der Waals surface area (Å²) in [5, 5.41) is 0. The molecule has 1 aromatic rings. The third-order valence-electron chi connectivity index (χ3n) is 5.77. The van der Waals surface area contributed by atoms with Crippen LogP contribution in [0.5, 0.6) is 0 Å². The molecule has 2 fully saturated rings. The van der Waals surface area contributed by atoms with Crippen LogP contribution in [0.3, 0.4) is 0 Å². The molecular formula is C21H38N6. The molecule has 0 radical (unpaired) electrons. The summed E-state index contributed by atoms with van der Waals surface area (Å²) in [6, 6.07) is 0. The first-order valence-electron chi connectivity index (χ1n) is 11.0. The van der Waals surface area contributed by atoms with Crippen LogP contribution in [0.2, 0.25) is 0 Å². The minimum atomic E-state index is 0.920. The number of hydrogen-bond acceptors (Lipinski definition) is 6. The summed E-state index contributed by atoms with van der Waals surface area (Å²) in [6.45, 7) is 18.0. The van der Waals surface area contributed by atoms with Crippen molar-refractivity contribution in [2.24, 2.45) is 0 Å². The van der Waals surface area contributed by atoms with Crippen LogP contribution in [0.4, 0.5) is 11.8 Å². The molecule has 2 aliphatic heterocycles. The predicted molar refractivity (Wildman–Crippen MR) is 114 cm³/mol. The molecule has 27 heavy (non-hydrogen) atoms. The molecule has 152 valence electrons. The van der Waals surface area contributed by atoms with Crippen LogP contribution in [0, 0.1) is 6.92 Å². The minimum absolute atomic E-state index is 0.920. The van der Waals surface area contributed by atoms with E-state index in [0.717, 1.165) is 51.0 Å². The van der Waals surface area contributed by atoms with Gasteiger partial charge in [-0.3, -0.25) is 0 Å². The van der Waals surface area contributed by atoms with Gasteiger partial charge in [0, 0.05) is 51.0 Å². The van der Waals surface area contributed by atoms with Gasteiger partial charge < -0.3 is 19.6 Å². The number of hydrogen-bond donors (Lipinski definition) is 0. The molecule has 3 rings (SSSR count). The van der Waals surface area contributed by atoms with Gasteiger partial charge in [0.15, 0.2) is 0 Å². The maximum absolute atomic E-state index is 5.05. The van der Waals surface area contributed by atoms with Crippen LogP contribution < -0.4 is 9.80 Å². The zero-order valence-corrected chi connectivity index (χ0v) is 17.7. The third-order valence-corrected chi connectivity index (χ3v) is 5.77. The standard InChI is InChI=1S/C21H38N6/c1-4-8-24-10-6-12-26(16-14-24)20-19(3)18-22-21(23-20)27-13-7-11-25(9-5-2)15-17-27/h18H,4-17H2,1-3H3. The second-order valence-corrected chi connectivity index (χ2v) is 8.04. The monoisotopic (exact) mass is 374 g/mol. The van der Waals surface area contributed by atoms with Gasteiger partial charge in [-0.1, -0.05) is 13.8 Å². The highest BCUT2D eigenvalue weighted by Crippen LogP contribution is 2.22. The van der Waals surface area contributed by atoms with Crippen LogP contribution in [-0.2, 0) is 0 Å². The Morgan fingerprint density at radius 2 is 1.37 bits per heavy atom. The Kier molecular flexibility index (Phi) is 7.70. The van der Waals surface area contributed by atoms with Gasteiger partial charge in [0.05, 0.1) is 0 Å². The number of aryl methyl sites for hydroxylation is 1. The van der Waals surface area contributed by atoms with Crippen LogP contribution in [0.15, 0.2) is 6.20 Å². The maximum atomic E-state index is 5.05. The van der Waals surface area contributed by atoms with Crippen molar-refractivity contribution in [3.63, 3.8) is 0 Å². The third kappa shape index (κ3) is 5.55. The van der Waals surface area contributed by atoms with Gasteiger partial charge in [0.2, 0.25) is 5.95 Å². The first kappa shape index (κ1) is 20.3. The molecule has 0 amide bonds. The Morgan fingerprint density at radius 1 is 0.778 bits per heavy atom. The second-order valence-electron chi connectivity index (χ2n) is 8.04. The molecule has 0 N–H and O–H groups in total. The molecule has 6 nitrogen and oxygen atoms in total. The van der Waals surface area contributed by atoms with Crippen LogP contribution in [0.1, 0.15) is 45.1 Å². The highest BCUT2D eigenvalue weighted by molar-refractivity contribution is 5.50. The van der Waals surface area contributed by atoms with Crippen LogP contribution in [0.25, 0.3) is 0 Å². The molecule has 0 atom stereocenters. The highest BCUT2D eigenvalue weighted by atomic mass is 15.3. The Labute approximate surface area is 165 Å². The SMILES string of the molecule is CCCN1CCCN(c2ncc(C)c(N3CCCN(CCC)CC3)n2)CC1. The van der Waals surface area contributed by atoms with E-state index in [4.69, 9.17) is 9.97 Å². The van der Waals surface area contributed by atoms with Crippen LogP contribution >= 0.6 is 0 Å². The van der Waals surface area contributed by atoms with Crippen LogP contribution in [-0.4, -0.2) is 85.2 Å². The molecule has 2 saturated heterocycles. The molecule has 2 aliphatic rings. The number of nitrogens with zero attached hydrogens (tertiary/aromatic N) is 6. The van der Waals surface area contributed by atoms with Crippen molar-refractivity contribution in [2.45, 2.75) is 46.5 Å². The summed E-state index contributed by atoms with van der Waals surface area (Å²) < 4.78 is 0. The van der Waals surface area contributed by atoms with Gasteiger partial charge in [0.25, 0.3) is 0 Å². The normalized spacial score (nSPS) is 20.6. The van der Waals surface area contributed by atoms with Gasteiger partial charge in [-0.25, -0.2) is 4.98 Å². The van der Waals surface area contributed by atoms with Crippen molar-refractivity contribution in [1.29, 1.82) is 0 Å². The van der Waals surface area contributed by atoms with E-state index in [1.807, 2.05) is 6.20 Å². The summed E-state index contributed by atoms with van der Waals surface area (Å²) in [7, 11) is 0. The quantitative estimate of drug-likeness (QED) is 0.762. The van der Waals surface area contributed by atoms with E-state index < -0.39 is 0 Å². The fraction of sp³-hybridized carbons (Fsp3) is 0.810. The van der Waals surface area contributed by atoms with E-state index in [1.54, 1.807) is 0 Å². The zero-order chi connectivity index (χ0) is 19.1. The first-order valence-corrected chi connectivity index (χ1v) is 11.0. The van der Waals surface area contributed by atoms with Crippen molar-refractivity contribution in [2.75, 3.05) is 75.2 Å². The van der Waals surface area contributed by atoms with E-state index in [9.17, 15) is 0 Å². The molecule has 0 spiro atoms. The zero-order valence-electron chi connectivity index (χ0n) is 17.7. The number of aromatic nitrogens is 2. The smallest absolute Gasteiger partial charge is 0.227 e. The Bertz CT molecular complexity index is 578. The second kappa shape index (κ2) is 10.2. The van der Waals surface area contributed by atoms with Gasteiger partial charge in [-0.2, -0.15) is 4.98 Å². The lowest BCUT2D eigenvalue weighted by Crippen LogP contribution is -2.34. The minimum Gasteiger partial charge on any atom is -0.355 e. The molecule has 0 saturated carbocycles. The van der Waals surface area contributed by atoms with Gasteiger partial charge in [-0.05, 0) is 58.8 Å². The van der Waals surface area contributed by atoms with E-state index in [0.29, 0.717) is 0 Å². The summed E-state index contributed by atoms with van der Waals surface area (Å²) in [5.41, 5.74) is 1.20. The predicted octanol–water partition coefficient (Wildman–Crippen LogP) is 2.63.